The molecule has 0 aliphatic carbocycles. The van der Waals surface area contributed by atoms with E-state index < -0.39 is 0 Å². The number of amides is 1. The smallest absolute Gasteiger partial charge is 0.266 e. The van der Waals surface area contributed by atoms with Crippen molar-refractivity contribution in [1.82, 2.24) is 20.1 Å². The van der Waals surface area contributed by atoms with Gasteiger partial charge < -0.3 is 10.1 Å². The monoisotopic (exact) mass is 302 g/mol. The maximum absolute atomic E-state index is 11.8. The molecule has 22 heavy (non-hydrogen) atoms. The first kappa shape index (κ1) is 15.8. The standard InChI is InChI=1S/C15H18N4O3/c1-22-11-14(20)17-8-3-9-19-15(21)6-5-13(18-19)12-4-2-7-16-10-12/h2,4-7,10H,3,8-9,11H2,1H3,(H,17,20). The van der Waals surface area contributed by atoms with Crippen LogP contribution in [0.25, 0.3) is 11.3 Å². The second kappa shape index (κ2) is 8.04. The number of hydrogen-bond donors (Lipinski definition) is 1. The summed E-state index contributed by atoms with van der Waals surface area (Å²) in [6.07, 6.45) is 3.99. The molecule has 0 fully saturated rings. The van der Waals surface area contributed by atoms with Crippen LogP contribution in [0.1, 0.15) is 6.42 Å². The Kier molecular flexibility index (Phi) is 5.79. The molecule has 0 spiro atoms. The maximum atomic E-state index is 11.8. The Balaban J connectivity index is 1.96. The van der Waals surface area contributed by atoms with Crippen molar-refractivity contribution >= 4 is 5.91 Å². The second-order valence-corrected chi connectivity index (χ2v) is 4.66. The summed E-state index contributed by atoms with van der Waals surface area (Å²) in [4.78, 5) is 27.1. The van der Waals surface area contributed by atoms with Gasteiger partial charge in [0.15, 0.2) is 0 Å². The van der Waals surface area contributed by atoms with E-state index in [-0.39, 0.29) is 18.1 Å². The van der Waals surface area contributed by atoms with Gasteiger partial charge in [-0.25, -0.2) is 4.68 Å². The lowest BCUT2D eigenvalue weighted by Crippen LogP contribution is -2.30. The van der Waals surface area contributed by atoms with Gasteiger partial charge in [-0.2, -0.15) is 5.10 Å². The van der Waals surface area contributed by atoms with Crippen LogP contribution < -0.4 is 10.9 Å². The minimum absolute atomic E-state index is 0.0364. The van der Waals surface area contributed by atoms with Crippen molar-refractivity contribution in [2.75, 3.05) is 20.3 Å². The Morgan fingerprint density at radius 3 is 2.95 bits per heavy atom. The van der Waals surface area contributed by atoms with Crippen LogP contribution in [-0.2, 0) is 16.1 Å². The lowest BCUT2D eigenvalue weighted by molar-refractivity contribution is -0.124. The number of hydrogen-bond acceptors (Lipinski definition) is 5. The number of nitrogens with zero attached hydrogens (tertiary/aromatic N) is 3. The molecule has 0 saturated carbocycles. The second-order valence-electron chi connectivity index (χ2n) is 4.66. The number of carbonyl (C=O) groups excluding carboxylic acids is 1. The maximum Gasteiger partial charge on any atom is 0.266 e. The quantitative estimate of drug-likeness (QED) is 0.751. The predicted molar refractivity (Wildman–Crippen MR) is 81.2 cm³/mol. The van der Waals surface area contributed by atoms with E-state index >= 15 is 0 Å². The first-order chi connectivity index (χ1) is 10.7. The van der Waals surface area contributed by atoms with Crippen LogP contribution in [0.3, 0.4) is 0 Å². The van der Waals surface area contributed by atoms with Crippen molar-refractivity contribution in [2.45, 2.75) is 13.0 Å². The summed E-state index contributed by atoms with van der Waals surface area (Å²) in [6.45, 7) is 0.933. The Morgan fingerprint density at radius 2 is 2.23 bits per heavy atom. The molecule has 2 aromatic rings. The van der Waals surface area contributed by atoms with Gasteiger partial charge >= 0.3 is 0 Å². The van der Waals surface area contributed by atoms with Gasteiger partial charge in [0.1, 0.15) is 6.61 Å². The number of aromatic nitrogens is 3. The highest BCUT2D eigenvalue weighted by molar-refractivity contribution is 5.77. The molecule has 0 unspecified atom stereocenters. The average Bonchev–Trinajstić information content (AvgIpc) is 2.54. The molecular weight excluding hydrogens is 284 g/mol. The van der Waals surface area contributed by atoms with Crippen LogP contribution in [-0.4, -0.2) is 40.9 Å². The number of aryl methyl sites for hydroxylation is 1. The number of methoxy groups -OCH3 is 1. The zero-order valence-electron chi connectivity index (χ0n) is 12.4. The van der Waals surface area contributed by atoms with Crippen LogP contribution >= 0.6 is 0 Å². The summed E-state index contributed by atoms with van der Waals surface area (Å²) in [6, 6.07) is 6.86. The van der Waals surface area contributed by atoms with Crippen LogP contribution in [0.4, 0.5) is 0 Å². The van der Waals surface area contributed by atoms with E-state index in [1.165, 1.54) is 17.9 Å². The van der Waals surface area contributed by atoms with Gasteiger partial charge in [0.25, 0.3) is 5.56 Å². The van der Waals surface area contributed by atoms with Crippen molar-refractivity contribution in [3.63, 3.8) is 0 Å². The molecule has 0 aromatic carbocycles. The highest BCUT2D eigenvalue weighted by Gasteiger charge is 2.04. The SMILES string of the molecule is COCC(=O)NCCCn1nc(-c2cccnc2)ccc1=O. The van der Waals surface area contributed by atoms with Gasteiger partial charge in [-0.05, 0) is 24.6 Å². The van der Waals surface area contributed by atoms with Crippen LogP contribution in [0.15, 0.2) is 41.5 Å². The fourth-order valence-electron chi connectivity index (χ4n) is 1.92. The van der Waals surface area contributed by atoms with E-state index in [1.807, 2.05) is 12.1 Å². The number of rotatable bonds is 7. The van der Waals surface area contributed by atoms with Gasteiger partial charge in [-0.1, -0.05) is 0 Å². The summed E-state index contributed by atoms with van der Waals surface area (Å²) >= 11 is 0. The van der Waals surface area contributed by atoms with E-state index in [0.29, 0.717) is 25.2 Å². The highest BCUT2D eigenvalue weighted by Crippen LogP contribution is 2.12. The Labute approximate surface area is 128 Å². The Morgan fingerprint density at radius 1 is 1.36 bits per heavy atom. The molecule has 2 aromatic heterocycles. The van der Waals surface area contributed by atoms with Gasteiger partial charge in [0, 0.05) is 44.2 Å². The fraction of sp³-hybridized carbons (Fsp3) is 0.333. The molecule has 7 nitrogen and oxygen atoms in total. The number of pyridine rings is 1. The molecule has 1 N–H and O–H groups in total. The molecule has 0 atom stereocenters. The Hall–Kier alpha value is -2.54. The van der Waals surface area contributed by atoms with Crippen molar-refractivity contribution in [3.8, 4) is 11.3 Å². The summed E-state index contributed by atoms with van der Waals surface area (Å²) in [5.74, 6) is -0.174. The van der Waals surface area contributed by atoms with Crippen molar-refractivity contribution in [2.24, 2.45) is 0 Å². The van der Waals surface area contributed by atoms with Gasteiger partial charge in [-0.15, -0.1) is 0 Å². The molecule has 0 saturated heterocycles. The van der Waals surface area contributed by atoms with E-state index in [4.69, 9.17) is 4.74 Å². The van der Waals surface area contributed by atoms with Crippen molar-refractivity contribution in [1.29, 1.82) is 0 Å². The third-order valence-corrected chi connectivity index (χ3v) is 2.97. The molecule has 2 heterocycles. The van der Waals surface area contributed by atoms with Crippen LogP contribution in [0.5, 0.6) is 0 Å². The molecule has 116 valence electrons. The van der Waals surface area contributed by atoms with Crippen LogP contribution in [0, 0.1) is 0 Å². The topological polar surface area (TPSA) is 86.1 Å². The molecule has 2 rings (SSSR count). The molecule has 0 aliphatic heterocycles. The summed E-state index contributed by atoms with van der Waals surface area (Å²) in [5, 5.41) is 7.02. The molecule has 1 amide bonds. The summed E-state index contributed by atoms with van der Waals surface area (Å²) < 4.78 is 6.11. The molecule has 0 radical (unpaired) electrons. The summed E-state index contributed by atoms with van der Waals surface area (Å²) in [5.41, 5.74) is 1.37. The number of carbonyl (C=O) groups is 1. The molecular formula is C15H18N4O3. The normalized spacial score (nSPS) is 10.4. The first-order valence-corrected chi connectivity index (χ1v) is 6.95. The highest BCUT2D eigenvalue weighted by atomic mass is 16.5. The van der Waals surface area contributed by atoms with Gasteiger partial charge in [-0.3, -0.25) is 14.6 Å². The predicted octanol–water partition coefficient (Wildman–Crippen LogP) is 0.458. The minimum Gasteiger partial charge on any atom is -0.375 e. The third-order valence-electron chi connectivity index (χ3n) is 2.97. The summed E-state index contributed by atoms with van der Waals surface area (Å²) in [7, 11) is 1.47. The zero-order valence-corrected chi connectivity index (χ0v) is 12.4. The third kappa shape index (κ3) is 4.49. The zero-order chi connectivity index (χ0) is 15.8. The van der Waals surface area contributed by atoms with Crippen LogP contribution in [0.2, 0.25) is 0 Å². The molecule has 0 bridgehead atoms. The van der Waals surface area contributed by atoms with E-state index in [1.54, 1.807) is 18.5 Å². The Bertz CT molecular complexity index is 670. The van der Waals surface area contributed by atoms with Crippen molar-refractivity contribution in [3.05, 3.63) is 47.0 Å². The fourth-order valence-corrected chi connectivity index (χ4v) is 1.92. The number of ether oxygens (including phenoxy) is 1. The molecule has 7 heteroatoms. The molecule has 0 aliphatic rings. The first-order valence-electron chi connectivity index (χ1n) is 6.95. The van der Waals surface area contributed by atoms with E-state index in [0.717, 1.165) is 5.56 Å². The van der Waals surface area contributed by atoms with Gasteiger partial charge in [0.05, 0.1) is 5.69 Å². The largest absolute Gasteiger partial charge is 0.375 e. The lowest BCUT2D eigenvalue weighted by atomic mass is 10.2. The van der Waals surface area contributed by atoms with E-state index in [2.05, 4.69) is 15.4 Å². The van der Waals surface area contributed by atoms with Crippen molar-refractivity contribution < 1.29 is 9.53 Å². The average molecular weight is 302 g/mol. The lowest BCUT2D eigenvalue weighted by Gasteiger charge is -2.08. The van der Waals surface area contributed by atoms with E-state index in [9.17, 15) is 9.59 Å². The minimum atomic E-state index is -0.174. The van der Waals surface area contributed by atoms with Gasteiger partial charge in [0.2, 0.25) is 5.91 Å². The number of nitrogens with one attached hydrogen (secondary N) is 1.